The highest BCUT2D eigenvalue weighted by Crippen LogP contribution is 2.36. The van der Waals surface area contributed by atoms with Crippen molar-refractivity contribution in [2.75, 3.05) is 7.11 Å². The molecule has 4 heteroatoms. The Kier molecular flexibility index (Phi) is 4.88. The van der Waals surface area contributed by atoms with Gasteiger partial charge in [0.25, 0.3) is 0 Å². The standard InChI is InChI=1S/C21H23NO3/c1-15(2)18-19(24-3)22-21(20(23)25-18,17-12-8-5-9-13-17)14-16-10-6-4-7-11-16/h4-13,15,18H,14H2,1-3H3/t18-,21-/m0/s1. The summed E-state index contributed by atoms with van der Waals surface area (Å²) in [5.74, 6) is 0.226. The van der Waals surface area contributed by atoms with E-state index in [1.165, 1.54) is 0 Å². The van der Waals surface area contributed by atoms with Crippen LogP contribution in [0, 0.1) is 5.92 Å². The summed E-state index contributed by atoms with van der Waals surface area (Å²) >= 11 is 0. The molecule has 0 spiro atoms. The number of ether oxygens (including phenoxy) is 2. The first kappa shape index (κ1) is 17.2. The van der Waals surface area contributed by atoms with Gasteiger partial charge in [0, 0.05) is 6.42 Å². The number of methoxy groups -OCH3 is 1. The smallest absolute Gasteiger partial charge is 0.339 e. The SMILES string of the molecule is COC1=N[C@@](Cc2ccccc2)(c2ccccc2)C(=O)O[C@H]1C(C)C. The summed E-state index contributed by atoms with van der Waals surface area (Å²) in [5, 5.41) is 0. The van der Waals surface area contributed by atoms with E-state index in [1.807, 2.05) is 74.5 Å². The third kappa shape index (κ3) is 3.29. The molecule has 3 rings (SSSR count). The van der Waals surface area contributed by atoms with Gasteiger partial charge in [-0.2, -0.15) is 0 Å². The van der Waals surface area contributed by atoms with Gasteiger partial charge in [-0.1, -0.05) is 74.5 Å². The molecule has 0 fully saturated rings. The van der Waals surface area contributed by atoms with E-state index < -0.39 is 11.6 Å². The Bertz CT molecular complexity index is 755. The number of cyclic esters (lactones) is 1. The third-order valence-corrected chi connectivity index (χ3v) is 4.48. The average Bonchev–Trinajstić information content (AvgIpc) is 2.64. The Morgan fingerprint density at radius 1 is 1.08 bits per heavy atom. The van der Waals surface area contributed by atoms with E-state index >= 15 is 0 Å². The lowest BCUT2D eigenvalue weighted by Gasteiger charge is -2.37. The summed E-state index contributed by atoms with van der Waals surface area (Å²) in [4.78, 5) is 17.9. The monoisotopic (exact) mass is 337 g/mol. The molecule has 0 radical (unpaired) electrons. The summed E-state index contributed by atoms with van der Waals surface area (Å²) < 4.78 is 11.3. The number of carbonyl (C=O) groups is 1. The van der Waals surface area contributed by atoms with E-state index in [2.05, 4.69) is 0 Å². The first-order valence-corrected chi connectivity index (χ1v) is 8.51. The van der Waals surface area contributed by atoms with Gasteiger partial charge in [-0.3, -0.25) is 0 Å². The predicted molar refractivity (Wildman–Crippen MR) is 97.4 cm³/mol. The maximum atomic E-state index is 13.1. The van der Waals surface area contributed by atoms with E-state index in [-0.39, 0.29) is 11.9 Å². The van der Waals surface area contributed by atoms with Gasteiger partial charge < -0.3 is 9.47 Å². The molecular weight excluding hydrogens is 314 g/mol. The van der Waals surface area contributed by atoms with E-state index in [1.54, 1.807) is 7.11 Å². The highest BCUT2D eigenvalue weighted by Gasteiger charge is 2.48. The Morgan fingerprint density at radius 2 is 1.68 bits per heavy atom. The van der Waals surface area contributed by atoms with Gasteiger partial charge in [0.05, 0.1) is 7.11 Å². The number of benzene rings is 2. The second-order valence-electron chi connectivity index (χ2n) is 6.61. The molecule has 2 aromatic carbocycles. The zero-order valence-corrected chi connectivity index (χ0v) is 14.8. The minimum atomic E-state index is -1.13. The third-order valence-electron chi connectivity index (χ3n) is 4.48. The van der Waals surface area contributed by atoms with Crippen molar-refractivity contribution in [1.29, 1.82) is 0 Å². The van der Waals surface area contributed by atoms with Crippen LogP contribution in [-0.2, 0) is 26.2 Å². The summed E-state index contributed by atoms with van der Waals surface area (Å²) in [6.07, 6.45) is -0.0286. The number of carbonyl (C=O) groups excluding carboxylic acids is 1. The second kappa shape index (κ2) is 7.09. The molecule has 0 amide bonds. The molecule has 2 atom stereocenters. The highest BCUT2D eigenvalue weighted by molar-refractivity contribution is 5.94. The molecule has 1 heterocycles. The first-order valence-electron chi connectivity index (χ1n) is 8.51. The molecule has 0 saturated carbocycles. The van der Waals surface area contributed by atoms with Gasteiger partial charge >= 0.3 is 5.97 Å². The molecule has 0 aliphatic carbocycles. The van der Waals surface area contributed by atoms with E-state index in [0.29, 0.717) is 12.3 Å². The van der Waals surface area contributed by atoms with Crippen molar-refractivity contribution in [2.45, 2.75) is 31.9 Å². The van der Waals surface area contributed by atoms with Crippen LogP contribution < -0.4 is 0 Å². The van der Waals surface area contributed by atoms with Crippen molar-refractivity contribution in [2.24, 2.45) is 10.9 Å². The van der Waals surface area contributed by atoms with Gasteiger partial charge in [-0.15, -0.1) is 0 Å². The number of rotatable bonds is 4. The van der Waals surface area contributed by atoms with E-state index in [9.17, 15) is 4.79 Å². The van der Waals surface area contributed by atoms with Gasteiger partial charge in [0.15, 0.2) is 11.6 Å². The molecule has 0 N–H and O–H groups in total. The highest BCUT2D eigenvalue weighted by atomic mass is 16.6. The van der Waals surface area contributed by atoms with Crippen LogP contribution in [0.15, 0.2) is 65.7 Å². The Labute approximate surface area is 148 Å². The van der Waals surface area contributed by atoms with Crippen molar-refractivity contribution in [3.05, 3.63) is 71.8 Å². The maximum absolute atomic E-state index is 13.1. The largest absolute Gasteiger partial charge is 0.482 e. The fraction of sp³-hybridized carbons (Fsp3) is 0.333. The van der Waals surface area contributed by atoms with E-state index in [0.717, 1.165) is 11.1 Å². The predicted octanol–water partition coefficient (Wildman–Crippen LogP) is 3.75. The van der Waals surface area contributed by atoms with E-state index in [4.69, 9.17) is 14.5 Å². The van der Waals surface area contributed by atoms with Crippen molar-refractivity contribution < 1.29 is 14.3 Å². The van der Waals surface area contributed by atoms with Gasteiger partial charge in [0.2, 0.25) is 5.90 Å². The number of hydrogen-bond donors (Lipinski definition) is 0. The summed E-state index contributed by atoms with van der Waals surface area (Å²) in [7, 11) is 1.58. The quantitative estimate of drug-likeness (QED) is 0.798. The Balaban J connectivity index is 2.14. The lowest BCUT2D eigenvalue weighted by molar-refractivity contribution is -0.157. The van der Waals surface area contributed by atoms with Crippen LogP contribution in [0.4, 0.5) is 0 Å². The minimum absolute atomic E-state index is 0.0909. The van der Waals surface area contributed by atoms with Crippen LogP contribution in [0.2, 0.25) is 0 Å². The molecule has 1 aliphatic rings. The van der Waals surface area contributed by atoms with Crippen molar-refractivity contribution in [1.82, 2.24) is 0 Å². The maximum Gasteiger partial charge on any atom is 0.339 e. The molecule has 0 unspecified atom stereocenters. The molecule has 1 aliphatic heterocycles. The molecule has 0 aromatic heterocycles. The molecule has 25 heavy (non-hydrogen) atoms. The molecule has 2 aromatic rings. The lowest BCUT2D eigenvalue weighted by Crippen LogP contribution is -2.49. The number of nitrogens with zero attached hydrogens (tertiary/aromatic N) is 1. The number of esters is 1. The van der Waals surface area contributed by atoms with Gasteiger partial charge in [-0.25, -0.2) is 9.79 Å². The molecule has 130 valence electrons. The van der Waals surface area contributed by atoms with Gasteiger partial charge in [0.1, 0.15) is 0 Å². The van der Waals surface area contributed by atoms with Crippen LogP contribution in [-0.4, -0.2) is 25.1 Å². The normalized spacial score (nSPS) is 23.1. The molecule has 0 bridgehead atoms. The van der Waals surface area contributed by atoms with Crippen LogP contribution >= 0.6 is 0 Å². The second-order valence-corrected chi connectivity index (χ2v) is 6.61. The topological polar surface area (TPSA) is 47.9 Å². The zero-order chi connectivity index (χ0) is 17.9. The van der Waals surface area contributed by atoms with Crippen LogP contribution in [0.25, 0.3) is 0 Å². The van der Waals surface area contributed by atoms with Crippen molar-refractivity contribution in [3.8, 4) is 0 Å². The van der Waals surface area contributed by atoms with Crippen molar-refractivity contribution >= 4 is 11.9 Å². The van der Waals surface area contributed by atoms with Crippen LogP contribution in [0.1, 0.15) is 25.0 Å². The molecular formula is C21H23NO3. The Hall–Kier alpha value is -2.62. The van der Waals surface area contributed by atoms with Crippen LogP contribution in [0.3, 0.4) is 0 Å². The first-order chi connectivity index (χ1) is 12.1. The summed E-state index contributed by atoms with van der Waals surface area (Å²) in [6.45, 7) is 3.97. The minimum Gasteiger partial charge on any atom is -0.482 e. The molecule has 4 nitrogen and oxygen atoms in total. The summed E-state index contributed by atoms with van der Waals surface area (Å²) in [6, 6.07) is 19.4. The lowest BCUT2D eigenvalue weighted by atomic mass is 9.83. The fourth-order valence-corrected chi connectivity index (χ4v) is 3.14. The molecule has 0 saturated heterocycles. The number of hydrogen-bond acceptors (Lipinski definition) is 4. The summed E-state index contributed by atoms with van der Waals surface area (Å²) in [5.41, 5.74) is 0.699. The Morgan fingerprint density at radius 3 is 2.24 bits per heavy atom. The van der Waals surface area contributed by atoms with Gasteiger partial charge in [-0.05, 0) is 17.0 Å². The van der Waals surface area contributed by atoms with Crippen LogP contribution in [0.5, 0.6) is 0 Å². The van der Waals surface area contributed by atoms with Crippen molar-refractivity contribution in [3.63, 3.8) is 0 Å². The average molecular weight is 337 g/mol. The zero-order valence-electron chi connectivity index (χ0n) is 14.8. The fourth-order valence-electron chi connectivity index (χ4n) is 3.14. The number of aliphatic imine (C=N–C) groups is 1.